The van der Waals surface area contributed by atoms with E-state index in [2.05, 4.69) is 30.1 Å². The number of piperidine rings is 1. The SMILES string of the molecule is COc1ccnc2[nH]nc(C3CCN(c4nc(OC[C@H]5CCCO5)nc(C(=O)N[C@@H](C)C(F)(F)F)n4)CC3)c12. The molecule has 39 heavy (non-hydrogen) atoms. The quantitative estimate of drug-likeness (QED) is 0.430. The molecular formula is C24H29F3N8O4. The number of pyridine rings is 1. The van der Waals surface area contributed by atoms with Crippen LogP contribution in [-0.4, -0.2) is 87.8 Å². The van der Waals surface area contributed by atoms with Crippen LogP contribution in [0.15, 0.2) is 12.3 Å². The fourth-order valence-corrected chi connectivity index (χ4v) is 4.70. The van der Waals surface area contributed by atoms with Crippen molar-refractivity contribution in [3.8, 4) is 11.8 Å². The molecule has 0 radical (unpaired) electrons. The Morgan fingerprint density at radius 1 is 1.26 bits per heavy atom. The Morgan fingerprint density at radius 2 is 2.05 bits per heavy atom. The minimum absolute atomic E-state index is 0.0978. The van der Waals surface area contributed by atoms with Crippen LogP contribution in [0.2, 0.25) is 0 Å². The first-order chi connectivity index (χ1) is 18.7. The summed E-state index contributed by atoms with van der Waals surface area (Å²) in [6, 6.07) is -0.435. The molecule has 0 spiro atoms. The van der Waals surface area contributed by atoms with Crippen molar-refractivity contribution in [1.82, 2.24) is 35.5 Å². The number of nitrogens with one attached hydrogen (secondary N) is 2. The van der Waals surface area contributed by atoms with Crippen molar-refractivity contribution in [2.45, 2.75) is 56.8 Å². The first-order valence-electron chi connectivity index (χ1n) is 12.7. The summed E-state index contributed by atoms with van der Waals surface area (Å²) >= 11 is 0. The largest absolute Gasteiger partial charge is 0.496 e. The fraction of sp³-hybridized carbons (Fsp3) is 0.583. The van der Waals surface area contributed by atoms with Crippen molar-refractivity contribution in [1.29, 1.82) is 0 Å². The molecule has 2 atom stereocenters. The molecule has 2 fully saturated rings. The number of hydrogen-bond donors (Lipinski definition) is 2. The number of aromatic nitrogens is 6. The second-order valence-corrected chi connectivity index (χ2v) is 9.53. The lowest BCUT2D eigenvalue weighted by atomic mass is 9.92. The number of carbonyl (C=O) groups is 1. The van der Waals surface area contributed by atoms with Crippen LogP contribution in [-0.2, 0) is 4.74 Å². The molecule has 0 aromatic carbocycles. The topological polar surface area (TPSA) is 140 Å². The van der Waals surface area contributed by atoms with Crippen molar-refractivity contribution in [3.05, 3.63) is 23.8 Å². The van der Waals surface area contributed by atoms with Crippen LogP contribution in [0.1, 0.15) is 54.8 Å². The Hall–Kier alpha value is -3.75. The maximum atomic E-state index is 13.0. The molecule has 0 unspecified atom stereocenters. The number of amides is 1. The Labute approximate surface area is 221 Å². The van der Waals surface area contributed by atoms with Gasteiger partial charge in [-0.1, -0.05) is 0 Å². The van der Waals surface area contributed by atoms with Crippen LogP contribution in [0.3, 0.4) is 0 Å². The monoisotopic (exact) mass is 550 g/mol. The van der Waals surface area contributed by atoms with Gasteiger partial charge in [-0.25, -0.2) is 4.98 Å². The van der Waals surface area contributed by atoms with Crippen LogP contribution in [0.25, 0.3) is 11.0 Å². The number of H-pyrrole nitrogens is 1. The maximum Gasteiger partial charge on any atom is 0.408 e. The van der Waals surface area contributed by atoms with E-state index in [1.54, 1.807) is 19.4 Å². The number of anilines is 1. The van der Waals surface area contributed by atoms with Gasteiger partial charge >= 0.3 is 12.2 Å². The summed E-state index contributed by atoms with van der Waals surface area (Å²) in [5.41, 5.74) is 1.49. The van der Waals surface area contributed by atoms with E-state index < -0.39 is 23.9 Å². The summed E-state index contributed by atoms with van der Waals surface area (Å²) in [7, 11) is 1.59. The normalized spacial score (nSPS) is 19.3. The standard InChI is InChI=1S/C24H29F3N8O4/c1-13(24(25,26)27)29-21(36)20-30-22(32-23(31-20)39-12-15-4-3-11-38-15)35-9-6-14(7-10-35)18-17-16(37-2)5-8-28-19(17)34-33-18/h5,8,13-15H,3-4,6-7,9-12H2,1-2H3,(H,29,36)(H,28,33,34)/t13-,15+/m0/s1. The first-order valence-corrected chi connectivity index (χ1v) is 12.7. The molecule has 2 saturated heterocycles. The summed E-state index contributed by atoms with van der Waals surface area (Å²) in [6.45, 7) is 2.66. The van der Waals surface area contributed by atoms with Gasteiger partial charge in [0.05, 0.1) is 24.3 Å². The van der Waals surface area contributed by atoms with Gasteiger partial charge in [-0.2, -0.15) is 33.2 Å². The van der Waals surface area contributed by atoms with E-state index in [0.717, 1.165) is 30.8 Å². The maximum absolute atomic E-state index is 13.0. The summed E-state index contributed by atoms with van der Waals surface area (Å²) in [5, 5.41) is 10.2. The van der Waals surface area contributed by atoms with E-state index in [1.165, 1.54) is 0 Å². The fourth-order valence-electron chi connectivity index (χ4n) is 4.70. The highest BCUT2D eigenvalue weighted by atomic mass is 19.4. The van der Waals surface area contributed by atoms with Crippen molar-refractivity contribution < 1.29 is 32.2 Å². The second-order valence-electron chi connectivity index (χ2n) is 9.53. The van der Waals surface area contributed by atoms with Crippen LogP contribution in [0.5, 0.6) is 11.8 Å². The van der Waals surface area contributed by atoms with Gasteiger partial charge in [-0.3, -0.25) is 9.89 Å². The highest BCUT2D eigenvalue weighted by Crippen LogP contribution is 2.36. The number of hydrogen-bond acceptors (Lipinski definition) is 10. The number of fused-ring (bicyclic) bond motifs is 1. The number of ether oxygens (including phenoxy) is 3. The van der Waals surface area contributed by atoms with Crippen LogP contribution < -0.4 is 19.7 Å². The molecule has 12 nitrogen and oxygen atoms in total. The van der Waals surface area contributed by atoms with Gasteiger partial charge in [0.25, 0.3) is 5.91 Å². The Bertz CT molecular complexity index is 1310. The third-order valence-electron chi connectivity index (χ3n) is 6.90. The van der Waals surface area contributed by atoms with Crippen molar-refractivity contribution in [3.63, 3.8) is 0 Å². The van der Waals surface area contributed by atoms with Gasteiger partial charge in [-0.05, 0) is 38.7 Å². The third-order valence-corrected chi connectivity index (χ3v) is 6.90. The predicted molar refractivity (Wildman–Crippen MR) is 132 cm³/mol. The third kappa shape index (κ3) is 5.97. The molecule has 0 bridgehead atoms. The molecule has 2 N–H and O–H groups in total. The van der Waals surface area contributed by atoms with Gasteiger partial charge in [0, 0.05) is 31.8 Å². The summed E-state index contributed by atoms with van der Waals surface area (Å²) in [6.07, 6.45) is -0.0231. The lowest BCUT2D eigenvalue weighted by Crippen LogP contribution is -2.44. The van der Waals surface area contributed by atoms with Crippen LogP contribution >= 0.6 is 0 Å². The lowest BCUT2D eigenvalue weighted by Gasteiger charge is -2.31. The number of nitrogens with zero attached hydrogens (tertiary/aromatic N) is 6. The number of aromatic amines is 1. The molecule has 0 saturated carbocycles. The van der Waals surface area contributed by atoms with Gasteiger partial charge < -0.3 is 24.4 Å². The minimum atomic E-state index is -4.61. The van der Waals surface area contributed by atoms with Crippen LogP contribution in [0.4, 0.5) is 19.1 Å². The molecule has 3 aromatic rings. The highest BCUT2D eigenvalue weighted by molar-refractivity contribution is 5.91. The molecule has 2 aliphatic rings. The summed E-state index contributed by atoms with van der Waals surface area (Å²) < 4.78 is 55.8. The van der Waals surface area contributed by atoms with Gasteiger partial charge in [0.15, 0.2) is 5.65 Å². The zero-order valence-electron chi connectivity index (χ0n) is 21.5. The van der Waals surface area contributed by atoms with Crippen LogP contribution in [0, 0.1) is 0 Å². The smallest absolute Gasteiger partial charge is 0.408 e. The highest BCUT2D eigenvalue weighted by Gasteiger charge is 2.38. The van der Waals surface area contributed by atoms with E-state index in [-0.39, 0.29) is 30.6 Å². The first kappa shape index (κ1) is 26.8. The molecule has 1 amide bonds. The molecule has 15 heteroatoms. The Kier molecular flexibility index (Phi) is 7.68. The van der Waals surface area contributed by atoms with Gasteiger partial charge in [-0.15, -0.1) is 0 Å². The predicted octanol–water partition coefficient (Wildman–Crippen LogP) is 2.77. The van der Waals surface area contributed by atoms with E-state index in [4.69, 9.17) is 14.2 Å². The molecular weight excluding hydrogens is 521 g/mol. The Morgan fingerprint density at radius 3 is 2.74 bits per heavy atom. The van der Waals surface area contributed by atoms with Crippen molar-refractivity contribution >= 4 is 22.9 Å². The zero-order chi connectivity index (χ0) is 27.6. The molecule has 5 rings (SSSR count). The average molecular weight is 551 g/mol. The number of halogens is 3. The van der Waals surface area contributed by atoms with Gasteiger partial charge in [0.1, 0.15) is 18.4 Å². The molecule has 5 heterocycles. The van der Waals surface area contributed by atoms with Crippen molar-refractivity contribution in [2.24, 2.45) is 0 Å². The average Bonchev–Trinajstić information content (AvgIpc) is 3.61. The summed E-state index contributed by atoms with van der Waals surface area (Å²) in [4.78, 5) is 31.4. The van der Waals surface area contributed by atoms with E-state index in [1.807, 2.05) is 10.2 Å². The number of carbonyl (C=O) groups excluding carboxylic acids is 1. The number of methoxy groups -OCH3 is 1. The Balaban J connectivity index is 1.34. The second kappa shape index (κ2) is 11.2. The molecule has 210 valence electrons. The molecule has 0 aliphatic carbocycles. The van der Waals surface area contributed by atoms with E-state index in [0.29, 0.717) is 43.9 Å². The van der Waals surface area contributed by atoms with E-state index in [9.17, 15) is 18.0 Å². The minimum Gasteiger partial charge on any atom is -0.496 e. The molecule has 3 aromatic heterocycles. The number of rotatable bonds is 8. The van der Waals surface area contributed by atoms with Crippen molar-refractivity contribution in [2.75, 3.05) is 38.3 Å². The molecule has 2 aliphatic heterocycles. The van der Waals surface area contributed by atoms with E-state index >= 15 is 0 Å². The zero-order valence-corrected chi connectivity index (χ0v) is 21.5. The van der Waals surface area contributed by atoms with Gasteiger partial charge in [0.2, 0.25) is 11.8 Å². The lowest BCUT2D eigenvalue weighted by molar-refractivity contribution is -0.149. The number of alkyl halides is 3. The summed E-state index contributed by atoms with van der Waals surface area (Å²) in [5.74, 6) is -0.583.